The highest BCUT2D eigenvalue weighted by Gasteiger charge is 2.38. The number of carbonyl (C=O) groups is 2. The maximum absolute atomic E-state index is 14.5. The van der Waals surface area contributed by atoms with Gasteiger partial charge in [0.25, 0.3) is 5.91 Å². The number of nitrogens with two attached hydrogens (primary N) is 1. The number of nitrogens with zero attached hydrogens (tertiary/aromatic N) is 4. The van der Waals surface area contributed by atoms with E-state index in [0.29, 0.717) is 5.69 Å². The van der Waals surface area contributed by atoms with Crippen molar-refractivity contribution in [1.29, 1.82) is 0 Å². The number of nitrogens with one attached hydrogen (secondary N) is 1. The Labute approximate surface area is 155 Å². The van der Waals surface area contributed by atoms with Gasteiger partial charge in [0.2, 0.25) is 5.91 Å². The van der Waals surface area contributed by atoms with Crippen LogP contribution >= 0.6 is 0 Å². The van der Waals surface area contributed by atoms with Crippen LogP contribution in [0.2, 0.25) is 0 Å². The van der Waals surface area contributed by atoms with E-state index in [2.05, 4.69) is 15.4 Å². The van der Waals surface area contributed by atoms with Crippen molar-refractivity contribution in [3.05, 3.63) is 47.0 Å². The number of amides is 2. The zero-order chi connectivity index (χ0) is 19.9. The topological polar surface area (TPSA) is 106 Å². The average Bonchev–Trinajstić information content (AvgIpc) is 2.93. The highest BCUT2D eigenvalue weighted by molar-refractivity contribution is 6.03. The van der Waals surface area contributed by atoms with Gasteiger partial charge in [-0.15, -0.1) is 0 Å². The van der Waals surface area contributed by atoms with Gasteiger partial charge in [-0.3, -0.25) is 19.2 Å². The standard InChI is InChI=1S/C18H21FN6O2/c1-10-7-14(23-25(10)4)16(27)21-11-5-6-13(19)12(8-11)18(2)9-15(26)24(3)17(20)22-18/h5-8H,9H2,1-4H3,(H2,20,22)(H,21,27). The van der Waals surface area contributed by atoms with Crippen LogP contribution in [0, 0.1) is 12.7 Å². The Kier molecular flexibility index (Phi) is 4.46. The van der Waals surface area contributed by atoms with E-state index in [0.717, 1.165) is 5.69 Å². The summed E-state index contributed by atoms with van der Waals surface area (Å²) >= 11 is 0. The molecule has 27 heavy (non-hydrogen) atoms. The molecule has 0 saturated carbocycles. The molecule has 0 radical (unpaired) electrons. The smallest absolute Gasteiger partial charge is 0.276 e. The summed E-state index contributed by atoms with van der Waals surface area (Å²) in [6.45, 7) is 3.47. The lowest BCUT2D eigenvalue weighted by Gasteiger charge is -2.34. The SMILES string of the molecule is Cc1cc(C(=O)Nc2ccc(F)c(C3(C)CC(=O)N(C)C(N)=N3)c2)nn1C. The molecule has 1 atom stereocenters. The highest BCUT2D eigenvalue weighted by Crippen LogP contribution is 2.35. The predicted octanol–water partition coefficient (Wildman–Crippen LogP) is 1.51. The van der Waals surface area contributed by atoms with Gasteiger partial charge < -0.3 is 11.1 Å². The van der Waals surface area contributed by atoms with Crippen LogP contribution in [-0.4, -0.2) is 39.5 Å². The van der Waals surface area contributed by atoms with E-state index in [-0.39, 0.29) is 29.5 Å². The second-order valence-corrected chi connectivity index (χ2v) is 6.82. The fourth-order valence-corrected chi connectivity index (χ4v) is 2.95. The van der Waals surface area contributed by atoms with E-state index in [4.69, 9.17) is 5.73 Å². The van der Waals surface area contributed by atoms with E-state index in [9.17, 15) is 14.0 Å². The number of anilines is 1. The molecule has 9 heteroatoms. The van der Waals surface area contributed by atoms with Gasteiger partial charge in [-0.2, -0.15) is 5.10 Å². The van der Waals surface area contributed by atoms with Gasteiger partial charge in [-0.1, -0.05) is 0 Å². The van der Waals surface area contributed by atoms with Gasteiger partial charge in [0.1, 0.15) is 5.82 Å². The van der Waals surface area contributed by atoms with Crippen molar-refractivity contribution in [3.63, 3.8) is 0 Å². The van der Waals surface area contributed by atoms with Crippen LogP contribution in [-0.2, 0) is 17.4 Å². The molecular weight excluding hydrogens is 351 g/mol. The molecule has 0 aliphatic carbocycles. The van der Waals surface area contributed by atoms with E-state index in [1.807, 2.05) is 6.92 Å². The summed E-state index contributed by atoms with van der Waals surface area (Å²) < 4.78 is 16.1. The molecular formula is C18H21FN6O2. The minimum atomic E-state index is -1.15. The normalized spacial score (nSPS) is 19.8. The first-order chi connectivity index (χ1) is 12.6. The lowest BCUT2D eigenvalue weighted by molar-refractivity contribution is -0.128. The quantitative estimate of drug-likeness (QED) is 0.852. The number of aliphatic imine (C=N–C) groups is 1. The first kappa shape index (κ1) is 18.6. The molecule has 1 aliphatic heterocycles. The van der Waals surface area contributed by atoms with Crippen LogP contribution < -0.4 is 11.1 Å². The Morgan fingerprint density at radius 1 is 1.33 bits per heavy atom. The molecule has 1 aromatic heterocycles. The Morgan fingerprint density at radius 2 is 2.04 bits per heavy atom. The summed E-state index contributed by atoms with van der Waals surface area (Å²) in [6, 6.07) is 5.80. The van der Waals surface area contributed by atoms with Crippen LogP contribution in [0.4, 0.5) is 10.1 Å². The largest absolute Gasteiger partial charge is 0.369 e. The van der Waals surface area contributed by atoms with Crippen LogP contribution in [0.15, 0.2) is 29.3 Å². The molecule has 0 bridgehead atoms. The van der Waals surface area contributed by atoms with Crippen molar-refractivity contribution in [2.24, 2.45) is 17.8 Å². The summed E-state index contributed by atoms with van der Waals surface area (Å²) in [6.07, 6.45) is -0.0298. The average molecular weight is 372 g/mol. The number of benzene rings is 1. The van der Waals surface area contributed by atoms with Crippen molar-refractivity contribution >= 4 is 23.5 Å². The number of guanidine groups is 1. The highest BCUT2D eigenvalue weighted by atomic mass is 19.1. The molecule has 3 N–H and O–H groups in total. The maximum atomic E-state index is 14.5. The summed E-state index contributed by atoms with van der Waals surface area (Å²) in [5.74, 6) is -1.18. The van der Waals surface area contributed by atoms with Gasteiger partial charge in [-0.25, -0.2) is 9.38 Å². The van der Waals surface area contributed by atoms with Gasteiger partial charge >= 0.3 is 0 Å². The molecule has 2 amide bonds. The minimum Gasteiger partial charge on any atom is -0.369 e. The molecule has 1 aromatic carbocycles. The number of carbonyl (C=O) groups excluding carboxylic acids is 2. The van der Waals surface area contributed by atoms with E-state index in [1.54, 1.807) is 24.7 Å². The summed E-state index contributed by atoms with van der Waals surface area (Å²) in [5, 5.41) is 6.82. The van der Waals surface area contributed by atoms with Crippen molar-refractivity contribution in [2.75, 3.05) is 12.4 Å². The zero-order valence-corrected chi connectivity index (χ0v) is 15.6. The van der Waals surface area contributed by atoms with Crippen molar-refractivity contribution in [3.8, 4) is 0 Å². The van der Waals surface area contributed by atoms with Crippen LogP contribution in [0.1, 0.15) is 35.1 Å². The summed E-state index contributed by atoms with van der Waals surface area (Å²) in [5.41, 5.74) is 6.29. The van der Waals surface area contributed by atoms with E-state index in [1.165, 1.54) is 30.1 Å². The lowest BCUT2D eigenvalue weighted by atomic mass is 9.87. The maximum Gasteiger partial charge on any atom is 0.276 e. The summed E-state index contributed by atoms with van der Waals surface area (Å²) in [7, 11) is 3.26. The molecule has 0 fully saturated rings. The third-order valence-corrected chi connectivity index (χ3v) is 4.73. The predicted molar refractivity (Wildman–Crippen MR) is 98.7 cm³/mol. The van der Waals surface area contributed by atoms with Crippen molar-refractivity contribution < 1.29 is 14.0 Å². The summed E-state index contributed by atoms with van der Waals surface area (Å²) in [4.78, 5) is 30.1. The van der Waals surface area contributed by atoms with Crippen LogP contribution in [0.5, 0.6) is 0 Å². The van der Waals surface area contributed by atoms with E-state index >= 15 is 0 Å². The third kappa shape index (κ3) is 3.40. The number of aryl methyl sites for hydroxylation is 2. The van der Waals surface area contributed by atoms with Gasteiger partial charge in [0.15, 0.2) is 11.7 Å². The number of hydrogen-bond acceptors (Lipinski definition) is 5. The Bertz CT molecular complexity index is 947. The fourth-order valence-electron chi connectivity index (χ4n) is 2.95. The van der Waals surface area contributed by atoms with Crippen LogP contribution in [0.3, 0.4) is 0 Å². The molecule has 1 unspecified atom stereocenters. The monoisotopic (exact) mass is 372 g/mol. The second kappa shape index (κ2) is 6.49. The number of rotatable bonds is 3. The Balaban J connectivity index is 1.93. The Hall–Kier alpha value is -3.23. The first-order valence-electron chi connectivity index (χ1n) is 8.34. The van der Waals surface area contributed by atoms with Gasteiger partial charge in [0, 0.05) is 31.0 Å². The molecule has 8 nitrogen and oxygen atoms in total. The zero-order valence-electron chi connectivity index (χ0n) is 15.6. The van der Waals surface area contributed by atoms with Gasteiger partial charge in [0.05, 0.1) is 12.0 Å². The number of halogens is 1. The van der Waals surface area contributed by atoms with Crippen LogP contribution in [0.25, 0.3) is 0 Å². The number of hydrogen-bond donors (Lipinski definition) is 2. The fraction of sp³-hybridized carbons (Fsp3) is 0.333. The van der Waals surface area contributed by atoms with Crippen molar-refractivity contribution in [1.82, 2.24) is 14.7 Å². The molecule has 1 aliphatic rings. The minimum absolute atomic E-state index is 0.0200. The molecule has 142 valence electrons. The molecule has 0 spiro atoms. The first-order valence-corrected chi connectivity index (χ1v) is 8.34. The second-order valence-electron chi connectivity index (χ2n) is 6.82. The van der Waals surface area contributed by atoms with Crippen molar-refractivity contribution in [2.45, 2.75) is 25.8 Å². The van der Waals surface area contributed by atoms with Gasteiger partial charge in [-0.05, 0) is 38.1 Å². The lowest BCUT2D eigenvalue weighted by Crippen LogP contribution is -2.47. The third-order valence-electron chi connectivity index (χ3n) is 4.73. The molecule has 3 rings (SSSR count). The number of aromatic nitrogens is 2. The molecule has 2 aromatic rings. The molecule has 0 saturated heterocycles. The molecule has 2 heterocycles. The Morgan fingerprint density at radius 3 is 2.63 bits per heavy atom. The van der Waals surface area contributed by atoms with E-state index < -0.39 is 17.3 Å².